The highest BCUT2D eigenvalue weighted by atomic mass is 32.2. The Bertz CT molecular complexity index is 1150. The Morgan fingerprint density at radius 3 is 2.26 bits per heavy atom. The van der Waals surface area contributed by atoms with Crippen LogP contribution in [0.15, 0.2) is 76.5 Å². The lowest BCUT2D eigenvalue weighted by molar-refractivity contribution is -0.114. The largest absolute Gasteiger partial charge is 0.508 e. The first-order valence-electron chi connectivity index (χ1n) is 11.2. The van der Waals surface area contributed by atoms with Gasteiger partial charge in [0.05, 0.1) is 11.4 Å². The number of hydrogen-bond acceptors (Lipinski definition) is 6. The number of anilines is 3. The summed E-state index contributed by atoms with van der Waals surface area (Å²) < 4.78 is 0. The number of nitrogens with zero attached hydrogens (tertiary/aromatic N) is 2. The molecule has 1 heterocycles. The molecule has 0 bridgehead atoms. The van der Waals surface area contributed by atoms with Gasteiger partial charge in [-0.2, -0.15) is 0 Å². The third-order valence-electron chi connectivity index (χ3n) is 5.21. The maximum absolute atomic E-state index is 11.8. The zero-order valence-electron chi connectivity index (χ0n) is 20.0. The number of fused-ring (bicyclic) bond motifs is 2. The number of carbonyl (C=O) groups excluding carboxylic acids is 2. The van der Waals surface area contributed by atoms with Gasteiger partial charge in [-0.25, -0.2) is 0 Å². The minimum atomic E-state index is -0.115. The molecule has 0 radical (unpaired) electrons. The first-order chi connectivity index (χ1) is 16.2. The predicted octanol–water partition coefficient (Wildman–Crippen LogP) is 5.79. The average Bonchev–Trinajstić information content (AvgIpc) is 2.79. The molecule has 34 heavy (non-hydrogen) atoms. The lowest BCUT2D eigenvalue weighted by atomic mass is 10.1. The molecule has 0 aromatic heterocycles. The second kappa shape index (κ2) is 11.7. The molecule has 178 valence electrons. The van der Waals surface area contributed by atoms with E-state index in [1.165, 1.54) is 34.5 Å². The molecule has 0 saturated heterocycles. The van der Waals surface area contributed by atoms with Crippen LogP contribution in [0, 0.1) is 0 Å². The van der Waals surface area contributed by atoms with Crippen molar-refractivity contribution in [3.63, 3.8) is 0 Å². The number of phenols is 1. The van der Waals surface area contributed by atoms with E-state index in [1.54, 1.807) is 30.8 Å². The number of Topliss-reactive ketones (excluding diaryl/α,β-unsaturated/α-hetero) is 1. The van der Waals surface area contributed by atoms with E-state index in [0.717, 1.165) is 30.8 Å². The molecule has 1 aliphatic rings. The second-order valence-electron chi connectivity index (χ2n) is 8.35. The summed E-state index contributed by atoms with van der Waals surface area (Å²) in [6.07, 6.45) is 1.08. The summed E-state index contributed by atoms with van der Waals surface area (Å²) in [5, 5.41) is 11.5. The molecule has 0 spiro atoms. The van der Waals surface area contributed by atoms with Crippen LogP contribution in [-0.2, 0) is 4.79 Å². The van der Waals surface area contributed by atoms with Crippen molar-refractivity contribution in [2.75, 3.05) is 37.4 Å². The number of ketones is 1. The number of hydrogen-bond donors (Lipinski definition) is 2. The Morgan fingerprint density at radius 1 is 0.941 bits per heavy atom. The van der Waals surface area contributed by atoms with Crippen molar-refractivity contribution in [1.29, 1.82) is 0 Å². The average molecular weight is 478 g/mol. The molecule has 3 aromatic rings. The zero-order chi connectivity index (χ0) is 24.7. The number of para-hydroxylation sites is 1. The molecular weight excluding hydrogens is 446 g/mol. The van der Waals surface area contributed by atoms with Gasteiger partial charge in [-0.1, -0.05) is 30.0 Å². The minimum Gasteiger partial charge on any atom is -0.508 e. The van der Waals surface area contributed by atoms with Gasteiger partial charge >= 0.3 is 0 Å². The van der Waals surface area contributed by atoms with Crippen molar-refractivity contribution in [2.24, 2.45) is 0 Å². The van der Waals surface area contributed by atoms with Crippen LogP contribution in [-0.4, -0.2) is 48.9 Å². The lowest BCUT2D eigenvalue weighted by Gasteiger charge is -2.33. The molecular formula is C27H31N3O3S. The molecule has 0 fully saturated rings. The highest BCUT2D eigenvalue weighted by Crippen LogP contribution is 2.48. The van der Waals surface area contributed by atoms with Crippen molar-refractivity contribution < 1.29 is 14.7 Å². The van der Waals surface area contributed by atoms with Gasteiger partial charge in [0, 0.05) is 34.5 Å². The highest BCUT2D eigenvalue weighted by Gasteiger charge is 2.23. The first kappa shape index (κ1) is 25.3. The molecule has 3 aromatic carbocycles. The number of carbonyl (C=O) groups is 2. The monoisotopic (exact) mass is 477 g/mol. The smallest absolute Gasteiger partial charge is 0.221 e. The summed E-state index contributed by atoms with van der Waals surface area (Å²) in [7, 11) is 4.20. The van der Waals surface area contributed by atoms with Crippen LogP contribution in [0.2, 0.25) is 0 Å². The number of benzene rings is 3. The van der Waals surface area contributed by atoms with Crippen LogP contribution in [0.3, 0.4) is 0 Å². The standard InChI is InChI=1S/C19H22N2OS.C8H9NO2/c1-14(22)15-9-10-19-17(13-15)21(12-6-11-20(2)3)16-7-4-5-8-18(16)23-19;1-6(10)9-7-2-4-8(11)5-3-7/h4-5,7-10,13H,6,11-12H2,1-3H3;2-5,11H,1H3,(H,9,10). The number of phenolic OH excluding ortho intramolecular Hbond substituents is 1. The number of nitrogens with one attached hydrogen (secondary N) is 1. The molecule has 6 nitrogen and oxygen atoms in total. The van der Waals surface area contributed by atoms with Gasteiger partial charge in [-0.15, -0.1) is 0 Å². The van der Waals surface area contributed by atoms with Gasteiger partial charge in [0.25, 0.3) is 0 Å². The summed E-state index contributed by atoms with van der Waals surface area (Å²) in [5.74, 6) is 0.194. The van der Waals surface area contributed by atoms with Crippen molar-refractivity contribution in [3.05, 3.63) is 72.3 Å². The quantitative estimate of drug-likeness (QED) is 0.346. The van der Waals surface area contributed by atoms with Crippen LogP contribution < -0.4 is 10.2 Å². The molecule has 1 amide bonds. The van der Waals surface area contributed by atoms with Crippen LogP contribution in [0.5, 0.6) is 5.75 Å². The fraction of sp³-hybridized carbons (Fsp3) is 0.259. The number of rotatable bonds is 6. The fourth-order valence-corrected chi connectivity index (χ4v) is 4.66. The minimum absolute atomic E-state index is 0.115. The third kappa shape index (κ3) is 6.85. The summed E-state index contributed by atoms with van der Waals surface area (Å²) in [6.45, 7) is 5.06. The highest BCUT2D eigenvalue weighted by molar-refractivity contribution is 7.99. The molecule has 2 N–H and O–H groups in total. The first-order valence-corrected chi connectivity index (χ1v) is 12.0. The van der Waals surface area contributed by atoms with E-state index >= 15 is 0 Å². The van der Waals surface area contributed by atoms with E-state index < -0.39 is 0 Å². The van der Waals surface area contributed by atoms with E-state index in [9.17, 15) is 9.59 Å². The predicted molar refractivity (Wildman–Crippen MR) is 140 cm³/mol. The number of amides is 1. The van der Waals surface area contributed by atoms with Gasteiger partial charge in [0.15, 0.2) is 5.78 Å². The van der Waals surface area contributed by atoms with Crippen LogP contribution in [0.25, 0.3) is 0 Å². The molecule has 0 atom stereocenters. The molecule has 0 aliphatic carbocycles. The van der Waals surface area contributed by atoms with Crippen LogP contribution >= 0.6 is 11.8 Å². The Hall–Kier alpha value is -3.29. The molecule has 4 rings (SSSR count). The summed E-state index contributed by atoms with van der Waals surface area (Å²) >= 11 is 1.78. The Kier molecular flexibility index (Phi) is 8.73. The maximum Gasteiger partial charge on any atom is 0.221 e. The van der Waals surface area contributed by atoms with E-state index in [2.05, 4.69) is 59.5 Å². The zero-order valence-corrected chi connectivity index (χ0v) is 20.9. The summed E-state index contributed by atoms with van der Waals surface area (Å²) in [5.41, 5.74) is 3.86. The van der Waals surface area contributed by atoms with E-state index in [-0.39, 0.29) is 17.4 Å². The Morgan fingerprint density at radius 2 is 1.62 bits per heavy atom. The molecule has 0 saturated carbocycles. The molecule has 7 heteroatoms. The summed E-state index contributed by atoms with van der Waals surface area (Å²) in [6, 6.07) is 20.9. The van der Waals surface area contributed by atoms with Gasteiger partial charge in [0.2, 0.25) is 5.91 Å². The van der Waals surface area contributed by atoms with Crippen LogP contribution in [0.1, 0.15) is 30.6 Å². The van der Waals surface area contributed by atoms with Gasteiger partial charge < -0.3 is 20.2 Å². The topological polar surface area (TPSA) is 72.9 Å². The van der Waals surface area contributed by atoms with Crippen molar-refractivity contribution >= 4 is 40.5 Å². The van der Waals surface area contributed by atoms with Gasteiger partial charge in [-0.05, 0) is 82.5 Å². The van der Waals surface area contributed by atoms with Crippen molar-refractivity contribution in [2.45, 2.75) is 30.1 Å². The normalized spacial score (nSPS) is 11.7. The lowest BCUT2D eigenvalue weighted by Crippen LogP contribution is -2.25. The fourth-order valence-electron chi connectivity index (χ4n) is 3.58. The number of aromatic hydroxyl groups is 1. The van der Waals surface area contributed by atoms with E-state index in [0.29, 0.717) is 5.69 Å². The SMILES string of the molecule is CC(=O)Nc1ccc(O)cc1.CC(=O)c1ccc2c(c1)N(CCCN(C)C)c1ccccc1S2. The van der Waals surface area contributed by atoms with E-state index in [4.69, 9.17) is 5.11 Å². The van der Waals surface area contributed by atoms with Gasteiger partial charge in [0.1, 0.15) is 5.75 Å². The van der Waals surface area contributed by atoms with Crippen molar-refractivity contribution in [3.8, 4) is 5.75 Å². The molecule has 0 unspecified atom stereocenters. The maximum atomic E-state index is 11.8. The third-order valence-corrected chi connectivity index (χ3v) is 6.34. The van der Waals surface area contributed by atoms with Gasteiger partial charge in [-0.3, -0.25) is 9.59 Å². The van der Waals surface area contributed by atoms with Crippen molar-refractivity contribution in [1.82, 2.24) is 4.90 Å². The second-order valence-corrected chi connectivity index (χ2v) is 9.43. The van der Waals surface area contributed by atoms with E-state index in [1.807, 2.05) is 12.1 Å². The summed E-state index contributed by atoms with van der Waals surface area (Å²) in [4.78, 5) is 29.3. The molecule has 1 aliphatic heterocycles. The Balaban J connectivity index is 0.000000248. The van der Waals surface area contributed by atoms with Crippen LogP contribution in [0.4, 0.5) is 17.1 Å². The Labute approximate surface area is 205 Å².